The van der Waals surface area contributed by atoms with Gasteiger partial charge >= 0.3 is 0 Å². The van der Waals surface area contributed by atoms with Crippen LogP contribution >= 0.6 is 0 Å². The van der Waals surface area contributed by atoms with Crippen molar-refractivity contribution >= 4 is 11.1 Å². The van der Waals surface area contributed by atoms with Crippen molar-refractivity contribution in [2.45, 2.75) is 12.8 Å². The predicted octanol–water partition coefficient (Wildman–Crippen LogP) is 5.59. The number of aryl methyl sites for hydroxylation is 1. The summed E-state index contributed by atoms with van der Waals surface area (Å²) in [6.45, 7) is 0. The molecule has 0 unspecified atom stereocenters. The van der Waals surface area contributed by atoms with E-state index in [9.17, 15) is 0 Å². The van der Waals surface area contributed by atoms with Crippen LogP contribution in [-0.2, 0) is 6.42 Å². The van der Waals surface area contributed by atoms with Gasteiger partial charge in [0.15, 0.2) is 0 Å². The molecule has 4 rings (SSSR count). The highest BCUT2D eigenvalue weighted by atomic mass is 14.2. The first-order valence-corrected chi connectivity index (χ1v) is 7.86. The van der Waals surface area contributed by atoms with Crippen LogP contribution in [0.5, 0.6) is 0 Å². The second-order valence-corrected chi connectivity index (χ2v) is 5.74. The molecular formula is C22H18. The van der Waals surface area contributed by atoms with Gasteiger partial charge in [0.25, 0.3) is 0 Å². The van der Waals surface area contributed by atoms with E-state index in [0.717, 1.165) is 12.8 Å². The van der Waals surface area contributed by atoms with E-state index in [2.05, 4.69) is 84.9 Å². The Morgan fingerprint density at radius 2 is 1.09 bits per heavy atom. The average molecular weight is 282 g/mol. The fraction of sp³-hybridized carbons (Fsp3) is 0.0909. The quantitative estimate of drug-likeness (QED) is 0.574. The Balaban J connectivity index is 2.00. The number of allylic oxidation sites excluding steroid dienone is 1. The molecule has 0 N–H and O–H groups in total. The molecule has 1 aliphatic rings. The van der Waals surface area contributed by atoms with Crippen LogP contribution < -0.4 is 0 Å². The number of fused-ring (bicyclic) bond motifs is 1. The van der Waals surface area contributed by atoms with Gasteiger partial charge in [0.05, 0.1) is 0 Å². The predicted molar refractivity (Wildman–Crippen MR) is 93.6 cm³/mol. The molecule has 0 saturated carbocycles. The maximum absolute atomic E-state index is 2.26. The molecule has 0 aliphatic heterocycles. The largest absolute Gasteiger partial charge is 0.0622 e. The van der Waals surface area contributed by atoms with Gasteiger partial charge in [-0.25, -0.2) is 0 Å². The van der Waals surface area contributed by atoms with Crippen LogP contribution in [0.3, 0.4) is 0 Å². The molecule has 106 valence electrons. The van der Waals surface area contributed by atoms with Gasteiger partial charge in [-0.05, 0) is 46.2 Å². The molecule has 3 aromatic rings. The lowest BCUT2D eigenvalue weighted by Gasteiger charge is -2.24. The molecule has 1 aliphatic carbocycles. The minimum atomic E-state index is 1.10. The molecule has 0 amide bonds. The van der Waals surface area contributed by atoms with Crippen LogP contribution in [0.1, 0.15) is 28.7 Å². The summed E-state index contributed by atoms with van der Waals surface area (Å²) in [4.78, 5) is 0. The van der Waals surface area contributed by atoms with Crippen molar-refractivity contribution in [1.82, 2.24) is 0 Å². The molecule has 0 aromatic heterocycles. The minimum Gasteiger partial charge on any atom is -0.0622 e. The average Bonchev–Trinajstić information content (AvgIpc) is 2.62. The summed E-state index contributed by atoms with van der Waals surface area (Å²) in [6, 6.07) is 30.4. The first-order chi connectivity index (χ1) is 10.9. The van der Waals surface area contributed by atoms with E-state index in [-0.39, 0.29) is 0 Å². The summed E-state index contributed by atoms with van der Waals surface area (Å²) in [5, 5.41) is 0. The van der Waals surface area contributed by atoms with Crippen molar-refractivity contribution in [2.75, 3.05) is 0 Å². The molecular weight excluding hydrogens is 264 g/mol. The lowest BCUT2D eigenvalue weighted by molar-refractivity contribution is 0.993. The minimum absolute atomic E-state index is 1.10. The molecule has 0 heterocycles. The summed E-state index contributed by atoms with van der Waals surface area (Å²) in [7, 11) is 0. The topological polar surface area (TPSA) is 0 Å². The summed E-state index contributed by atoms with van der Waals surface area (Å²) < 4.78 is 0. The Morgan fingerprint density at radius 3 is 1.82 bits per heavy atom. The Morgan fingerprint density at radius 1 is 0.500 bits per heavy atom. The Hall–Kier alpha value is -2.60. The number of benzene rings is 3. The fourth-order valence-electron chi connectivity index (χ4n) is 3.39. The summed E-state index contributed by atoms with van der Waals surface area (Å²) >= 11 is 0. The van der Waals surface area contributed by atoms with Gasteiger partial charge in [-0.1, -0.05) is 84.9 Å². The van der Waals surface area contributed by atoms with Crippen LogP contribution in [0.2, 0.25) is 0 Å². The Bertz CT molecular complexity index is 811. The molecule has 0 heteroatoms. The highest BCUT2D eigenvalue weighted by Gasteiger charge is 2.20. The van der Waals surface area contributed by atoms with Gasteiger partial charge < -0.3 is 0 Å². The number of rotatable bonds is 2. The summed E-state index contributed by atoms with van der Waals surface area (Å²) in [5.74, 6) is 0. The standard InChI is InChI=1S/C22H18/c1-3-9-17(10-4-1)21-16-15-18-11-7-8-14-20(18)22(21)19-12-5-2-6-13-19/h1-14H,15-16H2. The van der Waals surface area contributed by atoms with Gasteiger partial charge in [-0.3, -0.25) is 0 Å². The number of hydrogen-bond donors (Lipinski definition) is 0. The second-order valence-electron chi connectivity index (χ2n) is 5.74. The summed E-state index contributed by atoms with van der Waals surface area (Å²) in [6.07, 6.45) is 2.22. The molecule has 3 aromatic carbocycles. The smallest absolute Gasteiger partial charge is 0.00705 e. The van der Waals surface area contributed by atoms with Crippen molar-refractivity contribution in [3.63, 3.8) is 0 Å². The monoisotopic (exact) mass is 282 g/mol. The molecule has 0 bridgehead atoms. The maximum Gasteiger partial charge on any atom is -0.00705 e. The van der Waals surface area contributed by atoms with E-state index in [1.807, 2.05) is 0 Å². The van der Waals surface area contributed by atoms with Crippen molar-refractivity contribution < 1.29 is 0 Å². The molecule has 0 fully saturated rings. The third-order valence-corrected chi connectivity index (χ3v) is 4.42. The molecule has 0 nitrogen and oxygen atoms in total. The van der Waals surface area contributed by atoms with Gasteiger partial charge in [0.1, 0.15) is 0 Å². The van der Waals surface area contributed by atoms with Crippen molar-refractivity contribution in [3.8, 4) is 0 Å². The van der Waals surface area contributed by atoms with Gasteiger partial charge in [-0.2, -0.15) is 0 Å². The SMILES string of the molecule is c1ccc(C2=C(c3ccccc3)c3ccccc3CC2)cc1. The first-order valence-electron chi connectivity index (χ1n) is 7.86. The van der Waals surface area contributed by atoms with E-state index in [4.69, 9.17) is 0 Å². The van der Waals surface area contributed by atoms with E-state index >= 15 is 0 Å². The fourth-order valence-corrected chi connectivity index (χ4v) is 3.39. The zero-order valence-electron chi connectivity index (χ0n) is 12.5. The maximum atomic E-state index is 2.26. The molecule has 0 saturated heterocycles. The summed E-state index contributed by atoms with van der Waals surface area (Å²) in [5.41, 5.74) is 8.36. The van der Waals surface area contributed by atoms with Crippen LogP contribution in [0, 0.1) is 0 Å². The van der Waals surface area contributed by atoms with Gasteiger partial charge in [-0.15, -0.1) is 0 Å². The zero-order valence-corrected chi connectivity index (χ0v) is 12.5. The Labute approximate surface area is 131 Å². The van der Waals surface area contributed by atoms with Gasteiger partial charge in [0.2, 0.25) is 0 Å². The van der Waals surface area contributed by atoms with E-state index in [1.165, 1.54) is 33.4 Å². The van der Waals surface area contributed by atoms with Crippen LogP contribution in [-0.4, -0.2) is 0 Å². The van der Waals surface area contributed by atoms with Crippen molar-refractivity contribution in [3.05, 3.63) is 107 Å². The van der Waals surface area contributed by atoms with E-state index < -0.39 is 0 Å². The third kappa shape index (κ3) is 2.27. The Kier molecular flexibility index (Phi) is 3.36. The molecule has 22 heavy (non-hydrogen) atoms. The van der Waals surface area contributed by atoms with Crippen LogP contribution in [0.25, 0.3) is 11.1 Å². The highest BCUT2D eigenvalue weighted by molar-refractivity contribution is 6.00. The zero-order chi connectivity index (χ0) is 14.8. The number of hydrogen-bond acceptors (Lipinski definition) is 0. The van der Waals surface area contributed by atoms with Gasteiger partial charge in [0, 0.05) is 0 Å². The lowest BCUT2D eigenvalue weighted by Crippen LogP contribution is -2.05. The third-order valence-electron chi connectivity index (χ3n) is 4.42. The first kappa shape index (κ1) is 13.1. The van der Waals surface area contributed by atoms with Crippen LogP contribution in [0.4, 0.5) is 0 Å². The van der Waals surface area contributed by atoms with E-state index in [0.29, 0.717) is 0 Å². The second kappa shape index (κ2) is 5.65. The molecule has 0 radical (unpaired) electrons. The van der Waals surface area contributed by atoms with Crippen molar-refractivity contribution in [1.29, 1.82) is 0 Å². The lowest BCUT2D eigenvalue weighted by atomic mass is 9.80. The normalized spacial score (nSPS) is 13.8. The van der Waals surface area contributed by atoms with Crippen LogP contribution in [0.15, 0.2) is 84.9 Å². The van der Waals surface area contributed by atoms with E-state index in [1.54, 1.807) is 0 Å². The molecule has 0 spiro atoms. The molecule has 0 atom stereocenters. The highest BCUT2D eigenvalue weighted by Crippen LogP contribution is 2.40. The van der Waals surface area contributed by atoms with Crippen molar-refractivity contribution in [2.24, 2.45) is 0 Å².